The van der Waals surface area contributed by atoms with Crippen molar-refractivity contribution in [2.24, 2.45) is 0 Å². The van der Waals surface area contributed by atoms with Gasteiger partial charge in [-0.15, -0.1) is 0 Å². The highest BCUT2D eigenvalue weighted by molar-refractivity contribution is 5.21. The average molecular weight is 216 g/mol. The molecule has 0 aromatic heterocycles. The molecule has 0 saturated carbocycles. The van der Waals surface area contributed by atoms with E-state index in [1.807, 2.05) is 0 Å². The van der Waals surface area contributed by atoms with Crippen molar-refractivity contribution in [1.29, 1.82) is 0 Å². The van der Waals surface area contributed by atoms with E-state index < -0.39 is 30.2 Å². The van der Waals surface area contributed by atoms with Gasteiger partial charge in [0, 0.05) is 0 Å². The third-order valence-corrected chi connectivity index (χ3v) is 2.76. The second-order valence-corrected chi connectivity index (χ2v) is 4.40. The maximum absolute atomic E-state index is 9.77. The molecule has 86 valence electrons. The molecule has 0 aromatic rings. The van der Waals surface area contributed by atoms with Crippen LogP contribution in [-0.2, 0) is 9.47 Å². The van der Waals surface area contributed by atoms with Crippen LogP contribution in [-0.4, -0.2) is 52.1 Å². The molecular weight excluding hydrogens is 200 g/mol. The van der Waals surface area contributed by atoms with Gasteiger partial charge in [0.1, 0.15) is 24.4 Å². The van der Waals surface area contributed by atoms with Crippen molar-refractivity contribution in [3.63, 3.8) is 0 Å². The first-order valence-electron chi connectivity index (χ1n) is 4.98. The van der Waals surface area contributed by atoms with Crippen molar-refractivity contribution in [2.75, 3.05) is 6.61 Å². The van der Waals surface area contributed by atoms with Crippen LogP contribution in [0.3, 0.4) is 0 Å². The molecule has 5 heteroatoms. The van der Waals surface area contributed by atoms with E-state index in [1.54, 1.807) is 19.9 Å². The highest BCUT2D eigenvalue weighted by atomic mass is 16.8. The van der Waals surface area contributed by atoms with E-state index in [0.29, 0.717) is 5.57 Å². The largest absolute Gasteiger partial charge is 0.392 e. The van der Waals surface area contributed by atoms with Gasteiger partial charge in [0.15, 0.2) is 5.79 Å². The van der Waals surface area contributed by atoms with Crippen LogP contribution in [0.4, 0.5) is 0 Å². The minimum Gasteiger partial charge on any atom is -0.392 e. The highest BCUT2D eigenvalue weighted by Gasteiger charge is 2.49. The molecule has 1 aliphatic heterocycles. The van der Waals surface area contributed by atoms with Crippen LogP contribution < -0.4 is 0 Å². The van der Waals surface area contributed by atoms with Crippen molar-refractivity contribution in [2.45, 2.75) is 44.1 Å². The Morgan fingerprint density at radius 3 is 2.60 bits per heavy atom. The van der Waals surface area contributed by atoms with Crippen molar-refractivity contribution in [1.82, 2.24) is 0 Å². The summed E-state index contributed by atoms with van der Waals surface area (Å²) in [5, 5.41) is 28.4. The van der Waals surface area contributed by atoms with Crippen LogP contribution >= 0.6 is 0 Å². The predicted molar refractivity (Wildman–Crippen MR) is 51.0 cm³/mol. The molecule has 0 bridgehead atoms. The molecule has 0 aromatic carbocycles. The normalized spacial score (nSPS) is 43.7. The lowest BCUT2D eigenvalue weighted by Crippen LogP contribution is -2.47. The zero-order valence-corrected chi connectivity index (χ0v) is 8.75. The number of aliphatic hydroxyl groups is 3. The first kappa shape index (κ1) is 11.0. The Bertz CT molecular complexity index is 286. The molecule has 2 aliphatic rings. The van der Waals surface area contributed by atoms with Gasteiger partial charge >= 0.3 is 0 Å². The Morgan fingerprint density at radius 2 is 2.00 bits per heavy atom. The second-order valence-electron chi connectivity index (χ2n) is 4.40. The first-order valence-corrected chi connectivity index (χ1v) is 4.98. The molecular formula is C10H16O5. The van der Waals surface area contributed by atoms with E-state index in [2.05, 4.69) is 0 Å². The molecule has 0 unspecified atom stereocenters. The predicted octanol–water partition coefficient (Wildman–Crippen LogP) is -0.839. The molecule has 1 fully saturated rings. The van der Waals surface area contributed by atoms with E-state index >= 15 is 0 Å². The van der Waals surface area contributed by atoms with Crippen molar-refractivity contribution in [3.8, 4) is 0 Å². The van der Waals surface area contributed by atoms with Crippen LogP contribution in [0.25, 0.3) is 0 Å². The summed E-state index contributed by atoms with van der Waals surface area (Å²) in [5.41, 5.74) is 0.380. The molecule has 0 spiro atoms. The van der Waals surface area contributed by atoms with E-state index in [1.165, 1.54) is 0 Å². The Morgan fingerprint density at radius 1 is 1.33 bits per heavy atom. The number of rotatable bonds is 1. The van der Waals surface area contributed by atoms with Gasteiger partial charge in [0.05, 0.1) is 6.61 Å². The zero-order valence-electron chi connectivity index (χ0n) is 8.75. The fourth-order valence-electron chi connectivity index (χ4n) is 2.07. The topological polar surface area (TPSA) is 79.2 Å². The number of hydrogen-bond donors (Lipinski definition) is 3. The molecule has 0 amide bonds. The Balaban J connectivity index is 2.25. The van der Waals surface area contributed by atoms with Crippen LogP contribution in [0.1, 0.15) is 13.8 Å². The number of hydrogen-bond acceptors (Lipinski definition) is 5. The van der Waals surface area contributed by atoms with Crippen molar-refractivity contribution >= 4 is 0 Å². The molecule has 1 aliphatic carbocycles. The lowest BCUT2D eigenvalue weighted by molar-refractivity contribution is -0.158. The summed E-state index contributed by atoms with van der Waals surface area (Å²) in [7, 11) is 0. The summed E-state index contributed by atoms with van der Waals surface area (Å²) in [5.74, 6) is -0.766. The SMILES string of the molecule is CC1(C)O[C@H]2[C@H](O)[C@H](O)C(CO)=C[C@H]2O1. The lowest BCUT2D eigenvalue weighted by atomic mass is 9.90. The van der Waals surface area contributed by atoms with Gasteiger partial charge in [-0.1, -0.05) is 0 Å². The van der Waals surface area contributed by atoms with E-state index in [0.717, 1.165) is 0 Å². The van der Waals surface area contributed by atoms with Gasteiger partial charge in [0.25, 0.3) is 0 Å². The molecule has 3 N–H and O–H groups in total. The number of fused-ring (bicyclic) bond motifs is 1. The van der Waals surface area contributed by atoms with Crippen LogP contribution in [0.5, 0.6) is 0 Å². The molecule has 4 atom stereocenters. The molecule has 2 rings (SSSR count). The Hall–Kier alpha value is -0.460. The standard InChI is InChI=1S/C10H16O5/c1-10(2)14-6-3-5(4-11)7(12)8(13)9(6)15-10/h3,6-9,11-13H,4H2,1-2H3/t6-,7-,8-,9-/m1/s1. The summed E-state index contributed by atoms with van der Waals surface area (Å²) in [4.78, 5) is 0. The summed E-state index contributed by atoms with van der Waals surface area (Å²) in [6.45, 7) is 3.21. The maximum atomic E-state index is 9.77. The molecule has 1 heterocycles. The van der Waals surface area contributed by atoms with Gasteiger partial charge < -0.3 is 24.8 Å². The van der Waals surface area contributed by atoms with Gasteiger partial charge in [-0.25, -0.2) is 0 Å². The van der Waals surface area contributed by atoms with Gasteiger partial charge in [0.2, 0.25) is 0 Å². The highest BCUT2D eigenvalue weighted by Crippen LogP contribution is 2.35. The summed E-state index contributed by atoms with van der Waals surface area (Å²) >= 11 is 0. The van der Waals surface area contributed by atoms with Crippen LogP contribution in [0.2, 0.25) is 0 Å². The fraction of sp³-hybridized carbons (Fsp3) is 0.800. The van der Waals surface area contributed by atoms with E-state index in [4.69, 9.17) is 14.6 Å². The first-order chi connectivity index (χ1) is 6.94. The summed E-state index contributed by atoms with van der Waals surface area (Å²) < 4.78 is 11.0. The van der Waals surface area contributed by atoms with Crippen LogP contribution in [0.15, 0.2) is 11.6 Å². The molecule has 15 heavy (non-hydrogen) atoms. The zero-order chi connectivity index (χ0) is 11.2. The Kier molecular flexibility index (Phi) is 2.60. The third-order valence-electron chi connectivity index (χ3n) is 2.76. The van der Waals surface area contributed by atoms with E-state index in [9.17, 15) is 10.2 Å². The quantitative estimate of drug-likeness (QED) is 0.498. The average Bonchev–Trinajstić information content (AvgIpc) is 2.47. The maximum Gasteiger partial charge on any atom is 0.164 e. The summed E-state index contributed by atoms with van der Waals surface area (Å²) in [6, 6.07) is 0. The minimum absolute atomic E-state index is 0.286. The minimum atomic E-state index is -1.08. The molecule has 1 saturated heterocycles. The fourth-order valence-corrected chi connectivity index (χ4v) is 2.07. The van der Waals surface area contributed by atoms with Crippen molar-refractivity contribution in [3.05, 3.63) is 11.6 Å². The Labute approximate surface area is 87.9 Å². The van der Waals surface area contributed by atoms with Gasteiger partial charge in [-0.05, 0) is 25.5 Å². The third kappa shape index (κ3) is 1.81. The monoisotopic (exact) mass is 216 g/mol. The van der Waals surface area contributed by atoms with Gasteiger partial charge in [-0.3, -0.25) is 0 Å². The van der Waals surface area contributed by atoms with E-state index in [-0.39, 0.29) is 6.61 Å². The second kappa shape index (κ2) is 3.54. The number of ether oxygens (including phenoxy) is 2. The summed E-state index contributed by atoms with van der Waals surface area (Å²) in [6.07, 6.45) is -1.47. The molecule has 5 nitrogen and oxygen atoms in total. The number of aliphatic hydroxyl groups excluding tert-OH is 3. The lowest BCUT2D eigenvalue weighted by Gasteiger charge is -2.31. The van der Waals surface area contributed by atoms with Gasteiger partial charge in [-0.2, -0.15) is 0 Å². The molecule has 0 radical (unpaired) electrons. The van der Waals surface area contributed by atoms with Crippen LogP contribution in [0, 0.1) is 0 Å². The van der Waals surface area contributed by atoms with Crippen molar-refractivity contribution < 1.29 is 24.8 Å². The smallest absolute Gasteiger partial charge is 0.164 e.